The standard InChI is InChI=1S/C13H13FN4OS/c14-10-2-1-9(7-11(10)15)18-12(19)4-6-20-13-3-5-16-8-17-13/h1-3,5,7-8H,4,6,15H2,(H,18,19). The van der Waals surface area contributed by atoms with E-state index in [0.717, 1.165) is 5.03 Å². The molecular formula is C13H13FN4OS. The van der Waals surface area contributed by atoms with E-state index in [2.05, 4.69) is 15.3 Å². The minimum Gasteiger partial charge on any atom is -0.396 e. The average molecular weight is 292 g/mol. The SMILES string of the molecule is Nc1cc(NC(=O)CCSc2ccncn2)ccc1F. The number of anilines is 2. The maximum absolute atomic E-state index is 13.0. The number of nitrogens with zero attached hydrogens (tertiary/aromatic N) is 2. The molecule has 0 radical (unpaired) electrons. The van der Waals surface area contributed by atoms with Crippen LogP contribution in [0.1, 0.15) is 6.42 Å². The van der Waals surface area contributed by atoms with Gasteiger partial charge in [-0.1, -0.05) is 0 Å². The monoisotopic (exact) mass is 292 g/mol. The molecular weight excluding hydrogens is 279 g/mol. The number of hydrogen-bond acceptors (Lipinski definition) is 5. The largest absolute Gasteiger partial charge is 0.396 e. The Labute approximate surface area is 119 Å². The number of carbonyl (C=O) groups is 1. The summed E-state index contributed by atoms with van der Waals surface area (Å²) in [5.74, 6) is -0.0561. The van der Waals surface area contributed by atoms with Crippen molar-refractivity contribution in [2.75, 3.05) is 16.8 Å². The highest BCUT2D eigenvalue weighted by Crippen LogP contribution is 2.18. The maximum atomic E-state index is 13.0. The number of aromatic nitrogens is 2. The number of hydrogen-bond donors (Lipinski definition) is 2. The number of halogens is 1. The average Bonchev–Trinajstić information content (AvgIpc) is 2.44. The Morgan fingerprint density at radius 2 is 2.25 bits per heavy atom. The molecule has 0 spiro atoms. The second kappa shape index (κ2) is 6.85. The van der Waals surface area contributed by atoms with E-state index >= 15 is 0 Å². The number of benzene rings is 1. The van der Waals surface area contributed by atoms with Crippen molar-refractivity contribution >= 4 is 29.0 Å². The van der Waals surface area contributed by atoms with Gasteiger partial charge in [0, 0.05) is 24.1 Å². The summed E-state index contributed by atoms with van der Waals surface area (Å²) in [4.78, 5) is 19.6. The van der Waals surface area contributed by atoms with Gasteiger partial charge in [-0.05, 0) is 24.3 Å². The summed E-state index contributed by atoms with van der Waals surface area (Å²) < 4.78 is 13.0. The van der Waals surface area contributed by atoms with E-state index in [1.54, 1.807) is 12.3 Å². The van der Waals surface area contributed by atoms with E-state index < -0.39 is 5.82 Å². The van der Waals surface area contributed by atoms with Crippen molar-refractivity contribution < 1.29 is 9.18 Å². The van der Waals surface area contributed by atoms with Crippen LogP contribution in [0.2, 0.25) is 0 Å². The molecule has 1 heterocycles. The topological polar surface area (TPSA) is 80.9 Å². The summed E-state index contributed by atoms with van der Waals surface area (Å²) in [6.45, 7) is 0. The van der Waals surface area contributed by atoms with Gasteiger partial charge in [-0.25, -0.2) is 14.4 Å². The number of nitrogens with two attached hydrogens (primary N) is 1. The number of carbonyl (C=O) groups excluding carboxylic acids is 1. The van der Waals surface area contributed by atoms with Crippen LogP contribution in [0.25, 0.3) is 0 Å². The van der Waals surface area contributed by atoms with E-state index in [-0.39, 0.29) is 11.6 Å². The van der Waals surface area contributed by atoms with Crippen LogP contribution in [0.3, 0.4) is 0 Å². The fourth-order valence-corrected chi connectivity index (χ4v) is 2.23. The van der Waals surface area contributed by atoms with Gasteiger partial charge in [-0.3, -0.25) is 4.79 Å². The number of nitrogens with one attached hydrogen (secondary N) is 1. The van der Waals surface area contributed by atoms with Gasteiger partial charge in [0.05, 0.1) is 10.7 Å². The lowest BCUT2D eigenvalue weighted by Gasteiger charge is -2.06. The zero-order valence-corrected chi connectivity index (χ0v) is 11.4. The molecule has 0 unspecified atom stereocenters. The van der Waals surface area contributed by atoms with Crippen LogP contribution in [0.4, 0.5) is 15.8 Å². The number of amides is 1. The summed E-state index contributed by atoms with van der Waals surface area (Å²) in [5, 5.41) is 3.48. The van der Waals surface area contributed by atoms with Gasteiger partial charge >= 0.3 is 0 Å². The van der Waals surface area contributed by atoms with Crippen molar-refractivity contribution in [3.8, 4) is 0 Å². The van der Waals surface area contributed by atoms with Crippen molar-refractivity contribution in [3.05, 3.63) is 42.6 Å². The van der Waals surface area contributed by atoms with Crippen LogP contribution in [0.5, 0.6) is 0 Å². The number of rotatable bonds is 5. The van der Waals surface area contributed by atoms with Gasteiger partial charge in [-0.15, -0.1) is 11.8 Å². The quantitative estimate of drug-likeness (QED) is 0.502. The Morgan fingerprint density at radius 3 is 2.95 bits per heavy atom. The minimum absolute atomic E-state index is 0.0122. The number of nitrogen functional groups attached to an aromatic ring is 1. The van der Waals surface area contributed by atoms with Crippen molar-refractivity contribution in [2.24, 2.45) is 0 Å². The Kier molecular flexibility index (Phi) is 4.89. The van der Waals surface area contributed by atoms with Crippen molar-refractivity contribution in [1.82, 2.24) is 9.97 Å². The van der Waals surface area contributed by atoms with E-state index in [0.29, 0.717) is 17.9 Å². The van der Waals surface area contributed by atoms with Gasteiger partial charge in [0.1, 0.15) is 12.1 Å². The molecule has 0 saturated heterocycles. The van der Waals surface area contributed by atoms with Crippen LogP contribution in [-0.2, 0) is 4.79 Å². The molecule has 7 heteroatoms. The molecule has 1 amide bonds. The first-order chi connectivity index (χ1) is 9.65. The Bertz CT molecular complexity index is 594. The lowest BCUT2D eigenvalue weighted by molar-refractivity contribution is -0.115. The molecule has 1 aromatic carbocycles. The lowest BCUT2D eigenvalue weighted by Crippen LogP contribution is -2.12. The molecule has 2 aromatic rings. The lowest BCUT2D eigenvalue weighted by atomic mass is 10.2. The molecule has 0 atom stereocenters. The van der Waals surface area contributed by atoms with E-state index in [4.69, 9.17) is 5.73 Å². The molecule has 2 rings (SSSR count). The Balaban J connectivity index is 1.79. The first-order valence-electron chi connectivity index (χ1n) is 5.89. The van der Waals surface area contributed by atoms with E-state index in [9.17, 15) is 9.18 Å². The fraction of sp³-hybridized carbons (Fsp3) is 0.154. The predicted octanol–water partition coefficient (Wildman–Crippen LogP) is 2.32. The van der Waals surface area contributed by atoms with Crippen molar-refractivity contribution in [1.29, 1.82) is 0 Å². The summed E-state index contributed by atoms with van der Waals surface area (Å²) in [6, 6.07) is 5.87. The van der Waals surface area contributed by atoms with Gasteiger partial charge < -0.3 is 11.1 Å². The molecule has 3 N–H and O–H groups in total. The molecule has 20 heavy (non-hydrogen) atoms. The third-order valence-electron chi connectivity index (χ3n) is 2.41. The van der Waals surface area contributed by atoms with Gasteiger partial charge in [0.2, 0.25) is 5.91 Å². The van der Waals surface area contributed by atoms with Crippen LogP contribution in [-0.4, -0.2) is 21.6 Å². The second-order valence-electron chi connectivity index (χ2n) is 3.93. The molecule has 1 aromatic heterocycles. The zero-order valence-electron chi connectivity index (χ0n) is 10.5. The van der Waals surface area contributed by atoms with Crippen molar-refractivity contribution in [2.45, 2.75) is 11.4 Å². The first kappa shape index (κ1) is 14.3. The highest BCUT2D eigenvalue weighted by molar-refractivity contribution is 7.99. The van der Waals surface area contributed by atoms with Gasteiger partial charge in [0.15, 0.2) is 0 Å². The highest BCUT2D eigenvalue weighted by atomic mass is 32.2. The van der Waals surface area contributed by atoms with Crippen LogP contribution >= 0.6 is 11.8 Å². The first-order valence-corrected chi connectivity index (χ1v) is 6.87. The third-order valence-corrected chi connectivity index (χ3v) is 3.36. The third kappa shape index (κ3) is 4.20. The highest BCUT2D eigenvalue weighted by Gasteiger charge is 2.05. The smallest absolute Gasteiger partial charge is 0.225 e. The number of thioether (sulfide) groups is 1. The summed E-state index contributed by atoms with van der Waals surface area (Å²) in [7, 11) is 0. The summed E-state index contributed by atoms with van der Waals surface area (Å²) in [6.07, 6.45) is 3.44. The predicted molar refractivity (Wildman–Crippen MR) is 76.8 cm³/mol. The Morgan fingerprint density at radius 1 is 1.40 bits per heavy atom. The molecule has 5 nitrogen and oxygen atoms in total. The minimum atomic E-state index is -0.498. The normalized spacial score (nSPS) is 10.2. The second-order valence-corrected chi connectivity index (χ2v) is 5.05. The molecule has 0 aliphatic carbocycles. The summed E-state index contributed by atoms with van der Waals surface area (Å²) in [5.41, 5.74) is 5.93. The van der Waals surface area contributed by atoms with Crippen LogP contribution in [0, 0.1) is 5.82 Å². The Hall–Kier alpha value is -2.15. The molecule has 0 aliphatic rings. The van der Waals surface area contributed by atoms with Crippen LogP contribution in [0.15, 0.2) is 41.8 Å². The maximum Gasteiger partial charge on any atom is 0.225 e. The van der Waals surface area contributed by atoms with E-state index in [1.165, 1.54) is 36.3 Å². The molecule has 0 fully saturated rings. The molecule has 0 saturated carbocycles. The van der Waals surface area contributed by atoms with Gasteiger partial charge in [0.25, 0.3) is 0 Å². The van der Waals surface area contributed by atoms with Crippen molar-refractivity contribution in [3.63, 3.8) is 0 Å². The van der Waals surface area contributed by atoms with Crippen LogP contribution < -0.4 is 11.1 Å². The van der Waals surface area contributed by atoms with E-state index in [1.807, 2.05) is 0 Å². The summed E-state index contributed by atoms with van der Waals surface area (Å²) >= 11 is 1.47. The molecule has 104 valence electrons. The zero-order chi connectivity index (χ0) is 14.4. The van der Waals surface area contributed by atoms with Gasteiger partial charge in [-0.2, -0.15) is 0 Å². The molecule has 0 aliphatic heterocycles. The fourth-order valence-electron chi connectivity index (χ4n) is 1.46. The molecule has 0 bridgehead atoms.